The average molecular weight is 322 g/mol. The first-order chi connectivity index (χ1) is 11.7. The standard InChI is InChI=1S/C20H22N2O2/c1-2-20(23,22-19-9-5-6-12-21-19)14-10-11-18-16(13-14)15-7-3-4-8-17(15)24-18/h3-4,7-8,10-11,13,23H,2,5-6,9,12H2,1H3,(H,21,22). The maximum absolute atomic E-state index is 11.2. The van der Waals surface area contributed by atoms with Crippen LogP contribution in [0.2, 0.25) is 0 Å². The largest absolute Gasteiger partial charge is 0.456 e. The van der Waals surface area contributed by atoms with Gasteiger partial charge in [0.15, 0.2) is 5.72 Å². The van der Waals surface area contributed by atoms with Crippen LogP contribution in [0.3, 0.4) is 0 Å². The highest BCUT2D eigenvalue weighted by Gasteiger charge is 2.29. The van der Waals surface area contributed by atoms with E-state index in [9.17, 15) is 5.11 Å². The molecule has 2 heterocycles. The zero-order valence-electron chi connectivity index (χ0n) is 13.9. The summed E-state index contributed by atoms with van der Waals surface area (Å²) in [6.07, 6.45) is 3.71. The van der Waals surface area contributed by atoms with Crippen LogP contribution in [0.25, 0.3) is 21.9 Å². The van der Waals surface area contributed by atoms with E-state index in [0.29, 0.717) is 6.42 Å². The van der Waals surface area contributed by atoms with Gasteiger partial charge in [0.05, 0.1) is 5.84 Å². The van der Waals surface area contributed by atoms with Gasteiger partial charge in [-0.25, -0.2) is 0 Å². The lowest BCUT2D eigenvalue weighted by molar-refractivity contribution is 0.0157. The van der Waals surface area contributed by atoms with Gasteiger partial charge in [-0.2, -0.15) is 0 Å². The SMILES string of the molecule is CCC(O)(NC1=NCCCC1)c1ccc2oc3ccccc3c2c1. The molecule has 0 amide bonds. The summed E-state index contributed by atoms with van der Waals surface area (Å²) in [6.45, 7) is 2.82. The first-order valence-corrected chi connectivity index (χ1v) is 8.65. The number of aliphatic hydroxyl groups is 1. The summed E-state index contributed by atoms with van der Waals surface area (Å²) in [4.78, 5) is 4.52. The molecule has 0 radical (unpaired) electrons. The quantitative estimate of drug-likeness (QED) is 0.706. The lowest BCUT2D eigenvalue weighted by atomic mass is 9.97. The van der Waals surface area contributed by atoms with Crippen LogP contribution in [0.5, 0.6) is 0 Å². The Morgan fingerprint density at radius 3 is 2.75 bits per heavy atom. The molecular weight excluding hydrogens is 300 g/mol. The van der Waals surface area contributed by atoms with Gasteiger partial charge in [0, 0.05) is 29.3 Å². The number of aliphatic imine (C=N–C) groups is 1. The number of para-hydroxylation sites is 1. The zero-order valence-corrected chi connectivity index (χ0v) is 13.9. The third-order valence-corrected chi connectivity index (χ3v) is 4.84. The minimum Gasteiger partial charge on any atom is -0.456 e. The van der Waals surface area contributed by atoms with Crippen LogP contribution in [-0.2, 0) is 5.72 Å². The summed E-state index contributed by atoms with van der Waals surface area (Å²) in [6, 6.07) is 13.9. The second-order valence-electron chi connectivity index (χ2n) is 6.43. The average Bonchev–Trinajstić information content (AvgIpc) is 3.00. The molecule has 124 valence electrons. The Labute approximate surface area is 141 Å². The van der Waals surface area contributed by atoms with Gasteiger partial charge >= 0.3 is 0 Å². The number of nitrogens with zero attached hydrogens (tertiary/aromatic N) is 1. The second kappa shape index (κ2) is 5.95. The van der Waals surface area contributed by atoms with Crippen LogP contribution < -0.4 is 5.32 Å². The van der Waals surface area contributed by atoms with Crippen molar-refractivity contribution in [3.8, 4) is 0 Å². The normalized spacial score (nSPS) is 17.7. The maximum atomic E-state index is 11.2. The third-order valence-electron chi connectivity index (χ3n) is 4.84. The van der Waals surface area contributed by atoms with Crippen molar-refractivity contribution in [2.24, 2.45) is 4.99 Å². The Bertz CT molecular complexity index is 912. The van der Waals surface area contributed by atoms with Crippen molar-refractivity contribution >= 4 is 27.8 Å². The van der Waals surface area contributed by atoms with Crippen molar-refractivity contribution in [2.45, 2.75) is 38.3 Å². The number of hydrogen-bond donors (Lipinski definition) is 2. The van der Waals surface area contributed by atoms with Crippen molar-refractivity contribution in [1.29, 1.82) is 0 Å². The molecule has 0 saturated carbocycles. The van der Waals surface area contributed by atoms with Crippen LogP contribution in [-0.4, -0.2) is 17.5 Å². The molecule has 1 aliphatic rings. The summed E-state index contributed by atoms with van der Waals surface area (Å²) in [5, 5.41) is 16.6. The number of fused-ring (bicyclic) bond motifs is 3. The molecule has 2 aromatic carbocycles. The van der Waals surface area contributed by atoms with E-state index in [0.717, 1.165) is 59.1 Å². The lowest BCUT2D eigenvalue weighted by Gasteiger charge is -2.31. The number of hydrogen-bond acceptors (Lipinski definition) is 4. The number of amidine groups is 1. The Morgan fingerprint density at radius 1 is 1.12 bits per heavy atom. The molecule has 3 aromatic rings. The second-order valence-corrected chi connectivity index (χ2v) is 6.43. The number of nitrogens with one attached hydrogen (secondary N) is 1. The molecule has 0 bridgehead atoms. The van der Waals surface area contributed by atoms with E-state index in [1.54, 1.807) is 0 Å². The molecule has 0 saturated heterocycles. The van der Waals surface area contributed by atoms with Crippen molar-refractivity contribution in [1.82, 2.24) is 5.32 Å². The van der Waals surface area contributed by atoms with Gasteiger partial charge in [0.25, 0.3) is 0 Å². The topological polar surface area (TPSA) is 57.8 Å². The van der Waals surface area contributed by atoms with Crippen molar-refractivity contribution < 1.29 is 9.52 Å². The summed E-state index contributed by atoms with van der Waals surface area (Å²) in [7, 11) is 0. The first kappa shape index (κ1) is 15.2. The van der Waals surface area contributed by atoms with E-state index in [2.05, 4.69) is 16.4 Å². The number of rotatable bonds is 3. The minimum absolute atomic E-state index is 0.563. The third kappa shape index (κ3) is 2.57. The van der Waals surface area contributed by atoms with Gasteiger partial charge in [0.1, 0.15) is 11.2 Å². The summed E-state index contributed by atoms with van der Waals surface area (Å²) in [5.41, 5.74) is 1.45. The van der Waals surface area contributed by atoms with Crippen LogP contribution in [0.4, 0.5) is 0 Å². The van der Waals surface area contributed by atoms with Crippen molar-refractivity contribution in [3.63, 3.8) is 0 Å². The molecule has 2 N–H and O–H groups in total. The molecule has 4 nitrogen and oxygen atoms in total. The predicted molar refractivity (Wildman–Crippen MR) is 97.2 cm³/mol. The fourth-order valence-corrected chi connectivity index (χ4v) is 3.39. The van der Waals surface area contributed by atoms with Gasteiger partial charge in [-0.1, -0.05) is 31.2 Å². The molecular formula is C20H22N2O2. The minimum atomic E-state index is -1.11. The summed E-state index contributed by atoms with van der Waals surface area (Å²) >= 11 is 0. The highest BCUT2D eigenvalue weighted by Crippen LogP contribution is 2.32. The highest BCUT2D eigenvalue weighted by molar-refractivity contribution is 6.05. The van der Waals surface area contributed by atoms with Crippen LogP contribution in [0.1, 0.15) is 38.2 Å². The molecule has 4 rings (SSSR count). The maximum Gasteiger partial charge on any atom is 0.162 e. The molecule has 0 fully saturated rings. The van der Waals surface area contributed by atoms with Crippen LogP contribution >= 0.6 is 0 Å². The van der Waals surface area contributed by atoms with E-state index in [4.69, 9.17) is 4.42 Å². The van der Waals surface area contributed by atoms with Gasteiger partial charge in [-0.15, -0.1) is 0 Å². The summed E-state index contributed by atoms with van der Waals surface area (Å²) < 4.78 is 5.88. The Hall–Kier alpha value is -2.33. The number of benzene rings is 2. The smallest absolute Gasteiger partial charge is 0.162 e. The zero-order chi connectivity index (χ0) is 16.6. The Balaban J connectivity index is 1.77. The van der Waals surface area contributed by atoms with E-state index < -0.39 is 5.72 Å². The van der Waals surface area contributed by atoms with Crippen molar-refractivity contribution in [2.75, 3.05) is 6.54 Å². The lowest BCUT2D eigenvalue weighted by Crippen LogP contribution is -2.46. The van der Waals surface area contributed by atoms with Crippen molar-refractivity contribution in [3.05, 3.63) is 48.0 Å². The van der Waals surface area contributed by atoms with Gasteiger partial charge in [-0.3, -0.25) is 4.99 Å². The van der Waals surface area contributed by atoms with E-state index in [-0.39, 0.29) is 0 Å². The Morgan fingerprint density at radius 2 is 1.96 bits per heavy atom. The molecule has 1 atom stereocenters. The molecule has 0 spiro atoms. The number of furan rings is 1. The molecule has 1 aromatic heterocycles. The highest BCUT2D eigenvalue weighted by atomic mass is 16.3. The van der Waals surface area contributed by atoms with E-state index in [1.807, 2.05) is 43.3 Å². The summed E-state index contributed by atoms with van der Waals surface area (Å²) in [5.74, 6) is 0.905. The van der Waals surface area contributed by atoms with Crippen LogP contribution in [0, 0.1) is 0 Å². The predicted octanol–water partition coefficient (Wildman–Crippen LogP) is 4.31. The first-order valence-electron chi connectivity index (χ1n) is 8.65. The Kier molecular flexibility index (Phi) is 3.77. The fraction of sp³-hybridized carbons (Fsp3) is 0.350. The van der Waals surface area contributed by atoms with E-state index in [1.165, 1.54) is 0 Å². The molecule has 1 unspecified atom stereocenters. The van der Waals surface area contributed by atoms with Gasteiger partial charge < -0.3 is 14.8 Å². The monoisotopic (exact) mass is 322 g/mol. The van der Waals surface area contributed by atoms with Crippen LogP contribution in [0.15, 0.2) is 51.9 Å². The molecule has 1 aliphatic heterocycles. The molecule has 24 heavy (non-hydrogen) atoms. The molecule has 0 aliphatic carbocycles. The fourth-order valence-electron chi connectivity index (χ4n) is 3.39. The molecule has 4 heteroatoms. The van der Waals surface area contributed by atoms with E-state index >= 15 is 0 Å². The van der Waals surface area contributed by atoms with Gasteiger partial charge in [0.2, 0.25) is 0 Å². The van der Waals surface area contributed by atoms with Gasteiger partial charge in [-0.05, 0) is 37.5 Å².